The number of ether oxygens (including phenoxy) is 1. The zero-order valence-corrected chi connectivity index (χ0v) is 12.5. The SMILES string of the molecule is CCNCCn1nnnc1SCCC(C)(C)OC. The van der Waals surface area contributed by atoms with Crippen molar-refractivity contribution in [1.29, 1.82) is 0 Å². The first-order valence-corrected chi connectivity index (χ1v) is 7.22. The third-order valence-corrected chi connectivity index (χ3v) is 3.70. The summed E-state index contributed by atoms with van der Waals surface area (Å²) in [6.07, 6.45) is 0.967. The van der Waals surface area contributed by atoms with E-state index in [1.807, 2.05) is 4.68 Å². The van der Waals surface area contributed by atoms with Crippen LogP contribution in [-0.4, -0.2) is 51.8 Å². The molecule has 0 saturated carbocycles. The average molecular weight is 273 g/mol. The van der Waals surface area contributed by atoms with Crippen LogP contribution in [0.1, 0.15) is 27.2 Å². The lowest BCUT2D eigenvalue weighted by Gasteiger charge is -2.22. The Morgan fingerprint density at radius 1 is 1.44 bits per heavy atom. The second kappa shape index (κ2) is 7.70. The fraction of sp³-hybridized carbons (Fsp3) is 0.909. The number of aromatic nitrogens is 4. The normalized spacial score (nSPS) is 12.0. The van der Waals surface area contributed by atoms with Crippen LogP contribution in [-0.2, 0) is 11.3 Å². The highest BCUT2D eigenvalue weighted by Crippen LogP contribution is 2.20. The predicted molar refractivity (Wildman–Crippen MR) is 72.8 cm³/mol. The highest BCUT2D eigenvalue weighted by Gasteiger charge is 2.16. The van der Waals surface area contributed by atoms with Gasteiger partial charge >= 0.3 is 0 Å². The molecule has 0 unspecified atom stereocenters. The van der Waals surface area contributed by atoms with E-state index in [4.69, 9.17) is 4.74 Å². The number of hydrogen-bond acceptors (Lipinski definition) is 6. The van der Waals surface area contributed by atoms with Crippen LogP contribution >= 0.6 is 11.8 Å². The number of rotatable bonds is 9. The molecule has 0 aliphatic rings. The van der Waals surface area contributed by atoms with Gasteiger partial charge in [-0.1, -0.05) is 18.7 Å². The molecular weight excluding hydrogens is 250 g/mol. The van der Waals surface area contributed by atoms with Crippen LogP contribution in [0.25, 0.3) is 0 Å². The number of tetrazole rings is 1. The highest BCUT2D eigenvalue weighted by molar-refractivity contribution is 7.99. The van der Waals surface area contributed by atoms with Gasteiger partial charge in [-0.25, -0.2) is 4.68 Å². The first-order chi connectivity index (χ1) is 8.59. The van der Waals surface area contributed by atoms with Crippen molar-refractivity contribution in [3.05, 3.63) is 0 Å². The van der Waals surface area contributed by atoms with Gasteiger partial charge in [0.15, 0.2) is 0 Å². The largest absolute Gasteiger partial charge is 0.379 e. The van der Waals surface area contributed by atoms with E-state index in [-0.39, 0.29) is 5.60 Å². The number of hydrogen-bond donors (Lipinski definition) is 1. The lowest BCUT2D eigenvalue weighted by molar-refractivity contribution is 0.0206. The third-order valence-electron chi connectivity index (χ3n) is 2.74. The maximum absolute atomic E-state index is 5.38. The van der Waals surface area contributed by atoms with Gasteiger partial charge < -0.3 is 10.1 Å². The molecule has 7 heteroatoms. The van der Waals surface area contributed by atoms with Gasteiger partial charge in [-0.3, -0.25) is 0 Å². The van der Waals surface area contributed by atoms with E-state index in [0.29, 0.717) is 0 Å². The number of likely N-dealkylation sites (N-methyl/N-ethyl adjacent to an activating group) is 1. The Morgan fingerprint density at radius 3 is 2.89 bits per heavy atom. The van der Waals surface area contributed by atoms with E-state index in [1.165, 1.54) is 0 Å². The minimum atomic E-state index is -0.0882. The van der Waals surface area contributed by atoms with Crippen LogP contribution in [0, 0.1) is 0 Å². The molecule has 0 saturated heterocycles. The van der Waals surface area contributed by atoms with Gasteiger partial charge in [0, 0.05) is 19.4 Å². The summed E-state index contributed by atoms with van der Waals surface area (Å²) < 4.78 is 7.23. The first kappa shape index (κ1) is 15.4. The van der Waals surface area contributed by atoms with E-state index >= 15 is 0 Å². The zero-order chi connectivity index (χ0) is 13.4. The Hall–Kier alpha value is -0.660. The summed E-state index contributed by atoms with van der Waals surface area (Å²) in [6.45, 7) is 8.91. The summed E-state index contributed by atoms with van der Waals surface area (Å²) in [5.41, 5.74) is -0.0882. The number of methoxy groups -OCH3 is 1. The smallest absolute Gasteiger partial charge is 0.209 e. The van der Waals surface area contributed by atoms with Crippen molar-refractivity contribution in [2.45, 2.75) is 44.5 Å². The molecule has 0 atom stereocenters. The zero-order valence-electron chi connectivity index (χ0n) is 11.6. The quantitative estimate of drug-likeness (QED) is 0.538. The molecule has 0 fully saturated rings. The monoisotopic (exact) mass is 273 g/mol. The van der Waals surface area contributed by atoms with E-state index in [9.17, 15) is 0 Å². The number of nitrogens with one attached hydrogen (secondary N) is 1. The van der Waals surface area contributed by atoms with Crippen LogP contribution in [0.2, 0.25) is 0 Å². The molecule has 6 nitrogen and oxygen atoms in total. The fourth-order valence-electron chi connectivity index (χ4n) is 1.29. The summed E-state index contributed by atoms with van der Waals surface area (Å²) >= 11 is 1.67. The lowest BCUT2D eigenvalue weighted by Crippen LogP contribution is -2.23. The maximum Gasteiger partial charge on any atom is 0.209 e. The summed E-state index contributed by atoms with van der Waals surface area (Å²) in [7, 11) is 1.74. The van der Waals surface area contributed by atoms with Gasteiger partial charge in [-0.2, -0.15) is 0 Å². The molecule has 1 aromatic rings. The van der Waals surface area contributed by atoms with Crippen LogP contribution in [0.3, 0.4) is 0 Å². The lowest BCUT2D eigenvalue weighted by atomic mass is 10.1. The van der Waals surface area contributed by atoms with Gasteiger partial charge in [-0.15, -0.1) is 5.10 Å². The molecule has 18 heavy (non-hydrogen) atoms. The number of nitrogens with zero attached hydrogens (tertiary/aromatic N) is 4. The van der Waals surface area contributed by atoms with Crippen LogP contribution < -0.4 is 5.32 Å². The van der Waals surface area contributed by atoms with Crippen molar-refractivity contribution in [3.63, 3.8) is 0 Å². The van der Waals surface area contributed by atoms with Crippen LogP contribution in [0.15, 0.2) is 5.16 Å². The molecule has 0 aromatic carbocycles. The van der Waals surface area contributed by atoms with Crippen LogP contribution in [0.4, 0.5) is 0 Å². The second-order valence-electron chi connectivity index (χ2n) is 4.60. The standard InChI is InChI=1S/C11H23N5OS/c1-5-12-7-8-16-10(13-14-15-16)18-9-6-11(2,3)17-4/h12H,5-9H2,1-4H3. The molecule has 104 valence electrons. The Labute approximate surface area is 113 Å². The van der Waals surface area contributed by atoms with Crippen molar-refractivity contribution in [3.8, 4) is 0 Å². The Balaban J connectivity index is 2.36. The van der Waals surface area contributed by atoms with Crippen molar-refractivity contribution < 1.29 is 4.74 Å². The van der Waals surface area contributed by atoms with Crippen molar-refractivity contribution in [1.82, 2.24) is 25.5 Å². The minimum absolute atomic E-state index is 0.0882. The third kappa shape index (κ3) is 5.32. The van der Waals surface area contributed by atoms with Crippen molar-refractivity contribution in [2.75, 3.05) is 26.0 Å². The van der Waals surface area contributed by atoms with Crippen LogP contribution in [0.5, 0.6) is 0 Å². The molecule has 0 spiro atoms. The molecule has 1 heterocycles. The second-order valence-corrected chi connectivity index (χ2v) is 5.66. The summed E-state index contributed by atoms with van der Waals surface area (Å²) in [5.74, 6) is 0.947. The first-order valence-electron chi connectivity index (χ1n) is 6.24. The Morgan fingerprint density at radius 2 is 2.22 bits per heavy atom. The summed E-state index contributed by atoms with van der Waals surface area (Å²) in [6, 6.07) is 0. The minimum Gasteiger partial charge on any atom is -0.379 e. The number of thioether (sulfide) groups is 1. The van der Waals surface area contributed by atoms with Gasteiger partial charge in [0.25, 0.3) is 0 Å². The molecule has 1 aromatic heterocycles. The molecule has 0 radical (unpaired) electrons. The summed E-state index contributed by atoms with van der Waals surface area (Å²) in [4.78, 5) is 0. The Bertz CT molecular complexity index is 342. The highest BCUT2D eigenvalue weighted by atomic mass is 32.2. The maximum atomic E-state index is 5.38. The van der Waals surface area contributed by atoms with E-state index in [2.05, 4.69) is 41.6 Å². The predicted octanol–water partition coefficient (Wildman–Crippen LogP) is 1.19. The van der Waals surface area contributed by atoms with Gasteiger partial charge in [0.1, 0.15) is 0 Å². The molecule has 0 bridgehead atoms. The van der Waals surface area contributed by atoms with E-state index in [0.717, 1.165) is 37.0 Å². The summed E-state index contributed by atoms with van der Waals surface area (Å²) in [5, 5.41) is 15.9. The van der Waals surface area contributed by atoms with Gasteiger partial charge in [0.2, 0.25) is 5.16 Å². The van der Waals surface area contributed by atoms with Gasteiger partial charge in [0.05, 0.1) is 12.1 Å². The molecule has 0 aliphatic carbocycles. The van der Waals surface area contributed by atoms with Crippen molar-refractivity contribution in [2.24, 2.45) is 0 Å². The fourth-order valence-corrected chi connectivity index (χ4v) is 2.44. The Kier molecular flexibility index (Phi) is 6.59. The molecule has 1 rings (SSSR count). The molecule has 1 N–H and O–H groups in total. The van der Waals surface area contributed by atoms with E-state index < -0.39 is 0 Å². The van der Waals surface area contributed by atoms with Gasteiger partial charge in [-0.05, 0) is 37.2 Å². The molecular formula is C11H23N5OS. The van der Waals surface area contributed by atoms with Crippen molar-refractivity contribution >= 4 is 11.8 Å². The van der Waals surface area contributed by atoms with E-state index in [1.54, 1.807) is 18.9 Å². The topological polar surface area (TPSA) is 64.9 Å². The molecule has 0 aliphatic heterocycles. The molecule has 0 amide bonds. The average Bonchev–Trinajstić information content (AvgIpc) is 2.77.